The third-order valence-corrected chi connectivity index (χ3v) is 2.47. The van der Waals surface area contributed by atoms with Crippen molar-refractivity contribution in [3.63, 3.8) is 0 Å². The van der Waals surface area contributed by atoms with E-state index in [-0.39, 0.29) is 6.61 Å². The van der Waals surface area contributed by atoms with E-state index in [1.807, 2.05) is 30.3 Å². The van der Waals surface area contributed by atoms with Crippen molar-refractivity contribution in [1.82, 2.24) is 0 Å². The summed E-state index contributed by atoms with van der Waals surface area (Å²) in [6.45, 7) is 1.43. The van der Waals surface area contributed by atoms with E-state index in [0.29, 0.717) is 6.42 Å². The summed E-state index contributed by atoms with van der Waals surface area (Å²) in [4.78, 5) is 10.7. The summed E-state index contributed by atoms with van der Waals surface area (Å²) in [6.07, 6.45) is 0.409. The van der Waals surface area contributed by atoms with Crippen LogP contribution >= 0.6 is 0 Å². The molecule has 0 fully saturated rings. The molecule has 1 aromatic rings. The molecule has 0 spiro atoms. The minimum Gasteiger partial charge on any atom is -0.441 e. The van der Waals surface area contributed by atoms with Gasteiger partial charge in [-0.2, -0.15) is 0 Å². The Morgan fingerprint density at radius 2 is 2.06 bits per heavy atom. The van der Waals surface area contributed by atoms with Crippen LogP contribution in [0.5, 0.6) is 0 Å². The van der Waals surface area contributed by atoms with Gasteiger partial charge in [0, 0.05) is 0 Å². The predicted molar refractivity (Wildman–Crippen MR) is 60.9 cm³/mol. The summed E-state index contributed by atoms with van der Waals surface area (Å²) >= 11 is 0. The molecule has 0 saturated carbocycles. The maximum absolute atomic E-state index is 10.7. The number of benzene rings is 1. The zero-order valence-electron chi connectivity index (χ0n) is 9.35. The van der Waals surface area contributed by atoms with Gasteiger partial charge in [-0.05, 0) is 25.3 Å². The van der Waals surface area contributed by atoms with E-state index in [2.05, 4.69) is 0 Å². The van der Waals surface area contributed by atoms with E-state index in [1.165, 1.54) is 0 Å². The molecule has 1 amide bonds. The van der Waals surface area contributed by atoms with E-state index in [9.17, 15) is 9.90 Å². The van der Waals surface area contributed by atoms with E-state index in [0.717, 1.165) is 12.0 Å². The standard InChI is InChI=1S/C12H17NO3/c1-12(9-14,16-11(13)15)8-7-10-5-3-2-4-6-10/h2-6,14H,7-9H2,1H3,(H2,13,15). The molecule has 0 aromatic heterocycles. The first-order valence-corrected chi connectivity index (χ1v) is 5.19. The quantitative estimate of drug-likeness (QED) is 0.793. The number of carbonyl (C=O) groups is 1. The van der Waals surface area contributed by atoms with Crippen molar-refractivity contribution in [2.24, 2.45) is 5.73 Å². The topological polar surface area (TPSA) is 72.6 Å². The van der Waals surface area contributed by atoms with Gasteiger partial charge in [0.2, 0.25) is 0 Å². The molecule has 0 aliphatic rings. The van der Waals surface area contributed by atoms with Crippen molar-refractivity contribution < 1.29 is 14.6 Å². The van der Waals surface area contributed by atoms with Gasteiger partial charge in [0.05, 0.1) is 6.61 Å². The molecule has 0 aliphatic heterocycles. The lowest BCUT2D eigenvalue weighted by molar-refractivity contribution is -0.0182. The van der Waals surface area contributed by atoms with Crippen LogP contribution in [0.15, 0.2) is 30.3 Å². The molecule has 4 nitrogen and oxygen atoms in total. The molecule has 0 aliphatic carbocycles. The maximum atomic E-state index is 10.7. The third kappa shape index (κ3) is 3.90. The van der Waals surface area contributed by atoms with Gasteiger partial charge in [-0.15, -0.1) is 0 Å². The van der Waals surface area contributed by atoms with E-state index >= 15 is 0 Å². The lowest BCUT2D eigenvalue weighted by Crippen LogP contribution is -2.38. The highest BCUT2D eigenvalue weighted by atomic mass is 16.6. The Morgan fingerprint density at radius 3 is 2.56 bits per heavy atom. The SMILES string of the molecule is CC(CO)(CCc1ccccc1)OC(N)=O. The van der Waals surface area contributed by atoms with Gasteiger partial charge in [0.25, 0.3) is 0 Å². The number of primary amides is 1. The molecule has 1 unspecified atom stereocenters. The van der Waals surface area contributed by atoms with Crippen molar-refractivity contribution >= 4 is 6.09 Å². The highest BCUT2D eigenvalue weighted by molar-refractivity contribution is 5.65. The summed E-state index contributed by atoms with van der Waals surface area (Å²) in [6, 6.07) is 9.81. The van der Waals surface area contributed by atoms with Crippen molar-refractivity contribution in [3.8, 4) is 0 Å². The zero-order valence-corrected chi connectivity index (χ0v) is 9.35. The second-order valence-electron chi connectivity index (χ2n) is 4.01. The Morgan fingerprint density at radius 1 is 1.44 bits per heavy atom. The first kappa shape index (κ1) is 12.5. The van der Waals surface area contributed by atoms with Gasteiger partial charge >= 0.3 is 6.09 Å². The fourth-order valence-electron chi connectivity index (χ4n) is 1.46. The van der Waals surface area contributed by atoms with Crippen LogP contribution in [0.1, 0.15) is 18.9 Å². The number of carbonyl (C=O) groups excluding carboxylic acids is 1. The monoisotopic (exact) mass is 223 g/mol. The van der Waals surface area contributed by atoms with Crippen LogP contribution in [0.4, 0.5) is 4.79 Å². The summed E-state index contributed by atoms with van der Waals surface area (Å²) in [7, 11) is 0. The van der Waals surface area contributed by atoms with Gasteiger partial charge in [-0.3, -0.25) is 0 Å². The van der Waals surface area contributed by atoms with Gasteiger partial charge in [-0.1, -0.05) is 30.3 Å². The molecule has 1 aromatic carbocycles. The Labute approximate surface area is 95.0 Å². The van der Waals surface area contributed by atoms with Gasteiger partial charge in [0.1, 0.15) is 5.60 Å². The van der Waals surface area contributed by atoms with Crippen LogP contribution in [-0.2, 0) is 11.2 Å². The van der Waals surface area contributed by atoms with Gasteiger partial charge in [0.15, 0.2) is 0 Å². The summed E-state index contributed by atoms with van der Waals surface area (Å²) in [5.74, 6) is 0. The number of hydrogen-bond acceptors (Lipinski definition) is 3. The minimum atomic E-state index is -0.901. The summed E-state index contributed by atoms with van der Waals surface area (Å²) < 4.78 is 4.90. The maximum Gasteiger partial charge on any atom is 0.405 e. The fraction of sp³-hybridized carbons (Fsp3) is 0.417. The highest BCUT2D eigenvalue weighted by Crippen LogP contribution is 2.18. The van der Waals surface area contributed by atoms with Crippen molar-refractivity contribution in [3.05, 3.63) is 35.9 Å². The number of amides is 1. The largest absolute Gasteiger partial charge is 0.441 e. The molecule has 0 heterocycles. The van der Waals surface area contributed by atoms with Crippen LogP contribution in [-0.4, -0.2) is 23.4 Å². The van der Waals surface area contributed by atoms with Crippen LogP contribution < -0.4 is 5.73 Å². The molecule has 3 N–H and O–H groups in total. The van der Waals surface area contributed by atoms with Gasteiger partial charge < -0.3 is 15.6 Å². The molecule has 0 radical (unpaired) electrons. The molecular weight excluding hydrogens is 206 g/mol. The lowest BCUT2D eigenvalue weighted by atomic mass is 9.97. The number of nitrogens with two attached hydrogens (primary N) is 1. The lowest BCUT2D eigenvalue weighted by Gasteiger charge is -2.26. The average Bonchev–Trinajstić information content (AvgIpc) is 2.27. The summed E-state index contributed by atoms with van der Waals surface area (Å²) in [5, 5.41) is 9.18. The Hall–Kier alpha value is -1.55. The second kappa shape index (κ2) is 5.51. The van der Waals surface area contributed by atoms with E-state index in [1.54, 1.807) is 6.92 Å². The van der Waals surface area contributed by atoms with Crippen LogP contribution in [0.3, 0.4) is 0 Å². The zero-order chi connectivity index (χ0) is 12.0. The molecule has 4 heteroatoms. The van der Waals surface area contributed by atoms with Crippen molar-refractivity contribution in [1.29, 1.82) is 0 Å². The molecule has 0 bridgehead atoms. The Kier molecular flexibility index (Phi) is 4.31. The van der Waals surface area contributed by atoms with E-state index < -0.39 is 11.7 Å². The summed E-state index contributed by atoms with van der Waals surface area (Å²) in [5.41, 5.74) is 5.18. The molecule has 1 rings (SSSR count). The normalized spacial score (nSPS) is 14.1. The van der Waals surface area contributed by atoms with Gasteiger partial charge in [-0.25, -0.2) is 4.79 Å². The van der Waals surface area contributed by atoms with Crippen molar-refractivity contribution in [2.45, 2.75) is 25.4 Å². The number of hydrogen-bond donors (Lipinski definition) is 2. The highest BCUT2D eigenvalue weighted by Gasteiger charge is 2.26. The number of aliphatic hydroxyl groups excluding tert-OH is 1. The number of aryl methyl sites for hydroxylation is 1. The van der Waals surface area contributed by atoms with Crippen molar-refractivity contribution in [2.75, 3.05) is 6.61 Å². The first-order chi connectivity index (χ1) is 7.56. The fourth-order valence-corrected chi connectivity index (χ4v) is 1.46. The minimum absolute atomic E-state index is 0.233. The molecule has 1 atom stereocenters. The van der Waals surface area contributed by atoms with Crippen LogP contribution in [0.25, 0.3) is 0 Å². The molecular formula is C12H17NO3. The molecule has 88 valence electrons. The molecule has 16 heavy (non-hydrogen) atoms. The predicted octanol–water partition coefficient (Wildman–Crippen LogP) is 1.47. The number of ether oxygens (including phenoxy) is 1. The van der Waals surface area contributed by atoms with Crippen LogP contribution in [0.2, 0.25) is 0 Å². The molecule has 0 saturated heterocycles. The third-order valence-electron chi connectivity index (χ3n) is 2.47. The average molecular weight is 223 g/mol. The first-order valence-electron chi connectivity index (χ1n) is 5.19. The Balaban J connectivity index is 2.54. The second-order valence-corrected chi connectivity index (χ2v) is 4.01. The Bertz CT molecular complexity index is 339. The number of rotatable bonds is 5. The van der Waals surface area contributed by atoms with Crippen LogP contribution in [0, 0.1) is 0 Å². The smallest absolute Gasteiger partial charge is 0.405 e. The van der Waals surface area contributed by atoms with E-state index in [4.69, 9.17) is 10.5 Å². The number of aliphatic hydroxyl groups is 1.